The minimum atomic E-state index is 0.298. The summed E-state index contributed by atoms with van der Waals surface area (Å²) in [5.74, 6) is 0. The second-order valence-electron chi connectivity index (χ2n) is 5.80. The zero-order chi connectivity index (χ0) is 16.5. The summed E-state index contributed by atoms with van der Waals surface area (Å²) in [5.41, 5.74) is 0.596. The van der Waals surface area contributed by atoms with Crippen molar-refractivity contribution in [3.8, 4) is 0 Å². The first-order valence-electron chi connectivity index (χ1n) is 8.29. The van der Waals surface area contributed by atoms with Gasteiger partial charge < -0.3 is 9.80 Å². The first-order chi connectivity index (χ1) is 10.1. The Hall–Kier alpha value is 0.370. The molecule has 4 heteroatoms. The molecule has 0 aliphatic carbocycles. The summed E-state index contributed by atoms with van der Waals surface area (Å²) in [7, 11) is 4.45. The van der Waals surface area contributed by atoms with E-state index in [2.05, 4.69) is 99.6 Å². The minimum absolute atomic E-state index is 0.298. The molecule has 0 aromatic heterocycles. The topological polar surface area (TPSA) is 6.48 Å². The molecule has 1 heterocycles. The van der Waals surface area contributed by atoms with E-state index < -0.39 is 0 Å². The van der Waals surface area contributed by atoms with Crippen LogP contribution in [0.1, 0.15) is 80.1 Å². The SMILES string of the molecule is CCC(CC)(CC)N1C=CN(C(CC)(CC)CC)[CH-]1.[Cl][Ag]. The summed E-state index contributed by atoms with van der Waals surface area (Å²) >= 11 is 2.42. The molecule has 0 aromatic carbocycles. The quantitative estimate of drug-likeness (QED) is 0.369. The summed E-state index contributed by atoms with van der Waals surface area (Å²) in [6, 6.07) is 0. The van der Waals surface area contributed by atoms with Crippen molar-refractivity contribution in [2.24, 2.45) is 0 Å². The van der Waals surface area contributed by atoms with Crippen LogP contribution in [0.3, 0.4) is 0 Å². The molecule has 0 bridgehead atoms. The molecule has 0 atom stereocenters. The second-order valence-corrected chi connectivity index (χ2v) is 5.80. The molecule has 1 rings (SSSR count). The first-order valence-corrected chi connectivity index (χ1v) is 10.2. The number of nitrogens with zero attached hydrogens (tertiary/aromatic N) is 2. The Morgan fingerprint density at radius 2 is 0.952 bits per heavy atom. The van der Waals surface area contributed by atoms with Crippen LogP contribution in [0.15, 0.2) is 12.4 Å². The summed E-state index contributed by atoms with van der Waals surface area (Å²) in [6.07, 6.45) is 11.8. The van der Waals surface area contributed by atoms with Crippen LogP contribution in [0, 0.1) is 6.67 Å². The Labute approximate surface area is 149 Å². The van der Waals surface area contributed by atoms with Crippen molar-refractivity contribution in [1.82, 2.24) is 9.80 Å². The van der Waals surface area contributed by atoms with Crippen molar-refractivity contribution in [2.75, 3.05) is 0 Å². The van der Waals surface area contributed by atoms with Crippen molar-refractivity contribution in [2.45, 2.75) is 91.1 Å². The van der Waals surface area contributed by atoms with E-state index in [9.17, 15) is 0 Å². The average molecular weight is 409 g/mol. The molecule has 0 aromatic rings. The maximum absolute atomic E-state index is 4.45. The van der Waals surface area contributed by atoms with Crippen molar-refractivity contribution in [3.05, 3.63) is 19.1 Å². The molecule has 0 fully saturated rings. The molecule has 2 nitrogen and oxygen atoms in total. The van der Waals surface area contributed by atoms with Crippen LogP contribution in [0.5, 0.6) is 0 Å². The predicted octanol–water partition coefficient (Wildman–Crippen LogP) is 5.82. The van der Waals surface area contributed by atoms with Gasteiger partial charge in [0.25, 0.3) is 0 Å². The molecule has 0 amide bonds. The van der Waals surface area contributed by atoms with Crippen molar-refractivity contribution in [3.63, 3.8) is 0 Å². The van der Waals surface area contributed by atoms with Gasteiger partial charge in [0, 0.05) is 11.1 Å². The molecule has 0 saturated carbocycles. The van der Waals surface area contributed by atoms with Gasteiger partial charge in [-0.3, -0.25) is 0 Å². The molecule has 0 saturated heterocycles. The molecule has 0 radical (unpaired) electrons. The maximum atomic E-state index is 4.45. The Bertz CT molecular complexity index is 255. The van der Waals surface area contributed by atoms with Crippen LogP contribution in [-0.2, 0) is 20.0 Å². The number of halogens is 1. The van der Waals surface area contributed by atoms with E-state index in [4.69, 9.17) is 0 Å². The van der Waals surface area contributed by atoms with Gasteiger partial charge in [-0.25, -0.2) is 0 Å². The normalized spacial score (nSPS) is 15.3. The Morgan fingerprint density at radius 3 is 1.14 bits per heavy atom. The van der Waals surface area contributed by atoms with Crippen LogP contribution < -0.4 is 0 Å². The van der Waals surface area contributed by atoms with Gasteiger partial charge in [0.05, 0.1) is 0 Å². The summed E-state index contributed by atoms with van der Waals surface area (Å²) < 4.78 is 0. The summed E-state index contributed by atoms with van der Waals surface area (Å²) in [4.78, 5) is 4.92. The van der Waals surface area contributed by atoms with Gasteiger partial charge in [0.1, 0.15) is 0 Å². The number of hydrogen-bond donors (Lipinski definition) is 0. The van der Waals surface area contributed by atoms with Crippen molar-refractivity contribution in [1.29, 1.82) is 0 Å². The van der Waals surface area contributed by atoms with Gasteiger partial charge in [0.15, 0.2) is 0 Å². The van der Waals surface area contributed by atoms with E-state index in [1.807, 2.05) is 0 Å². The van der Waals surface area contributed by atoms with E-state index in [-0.39, 0.29) is 0 Å². The molecule has 1 aliphatic heterocycles. The van der Waals surface area contributed by atoms with E-state index in [0.717, 1.165) is 0 Å². The molecule has 0 N–H and O–H groups in total. The predicted molar refractivity (Wildman–Crippen MR) is 90.2 cm³/mol. The number of rotatable bonds is 8. The van der Waals surface area contributed by atoms with Gasteiger partial charge in [-0.1, -0.05) is 41.5 Å². The van der Waals surface area contributed by atoms with E-state index in [0.29, 0.717) is 11.1 Å². The third-order valence-corrected chi connectivity index (χ3v) is 5.68. The van der Waals surface area contributed by atoms with Crippen LogP contribution >= 0.6 is 9.19 Å². The molecular formula is C17H33AgClN2-. The fourth-order valence-corrected chi connectivity index (χ4v) is 3.51. The van der Waals surface area contributed by atoms with Gasteiger partial charge in [-0.05, 0) is 50.9 Å². The van der Waals surface area contributed by atoms with E-state index in [1.54, 1.807) is 0 Å². The fourth-order valence-electron chi connectivity index (χ4n) is 3.51. The Morgan fingerprint density at radius 1 is 0.714 bits per heavy atom. The fraction of sp³-hybridized carbons (Fsp3) is 0.824. The average Bonchev–Trinajstić information content (AvgIpc) is 3.05. The standard InChI is InChI=1S/C17H33N2.Ag.ClH/c1-7-16(8-2,9-3)18-13-14-19(15-18)17(10-4,11-5)12-6;;/h13-15H,7-12H2,1-6H3;;1H/q-1;+1;/p-1. The third-order valence-electron chi connectivity index (χ3n) is 5.68. The van der Waals surface area contributed by atoms with E-state index in [1.165, 1.54) is 38.5 Å². The zero-order valence-corrected chi connectivity index (χ0v) is 16.8. The van der Waals surface area contributed by atoms with Crippen LogP contribution in [-0.4, -0.2) is 20.9 Å². The van der Waals surface area contributed by atoms with Gasteiger partial charge in [-0.15, -0.1) is 0 Å². The molecule has 1 aliphatic rings. The third kappa shape index (κ3) is 4.43. The molecule has 21 heavy (non-hydrogen) atoms. The van der Waals surface area contributed by atoms with Crippen LogP contribution in [0.2, 0.25) is 0 Å². The summed E-state index contributed by atoms with van der Waals surface area (Å²) in [5, 5.41) is 0. The molecule has 0 unspecified atom stereocenters. The van der Waals surface area contributed by atoms with E-state index >= 15 is 0 Å². The van der Waals surface area contributed by atoms with Crippen molar-refractivity contribution < 1.29 is 20.0 Å². The number of hydrogen-bond acceptors (Lipinski definition) is 2. The second kappa shape index (κ2) is 10.2. The van der Waals surface area contributed by atoms with Gasteiger partial charge >= 0.3 is 29.2 Å². The van der Waals surface area contributed by atoms with Crippen LogP contribution in [0.4, 0.5) is 0 Å². The summed E-state index contributed by atoms with van der Waals surface area (Å²) in [6.45, 7) is 16.2. The Kier molecular flexibility index (Phi) is 10.4. The monoisotopic (exact) mass is 407 g/mol. The zero-order valence-electron chi connectivity index (χ0n) is 14.5. The molecule has 130 valence electrons. The van der Waals surface area contributed by atoms with Crippen LogP contribution in [0.25, 0.3) is 0 Å². The van der Waals surface area contributed by atoms with Crippen molar-refractivity contribution >= 4 is 9.19 Å². The molecule has 0 spiro atoms. The van der Waals surface area contributed by atoms with Gasteiger partial charge in [-0.2, -0.15) is 6.67 Å². The van der Waals surface area contributed by atoms with Gasteiger partial charge in [0.2, 0.25) is 0 Å². The first kappa shape index (κ1) is 21.4. The Balaban J connectivity index is 0.00000191. The molecular weight excluding hydrogens is 376 g/mol.